The molecule has 17 heteroatoms. The number of aliphatic hydroxyl groups is 1. The van der Waals surface area contributed by atoms with Gasteiger partial charge in [0.05, 0.1) is 28.3 Å². The van der Waals surface area contributed by atoms with Crippen LogP contribution in [0.4, 0.5) is 24.5 Å². The van der Waals surface area contributed by atoms with Gasteiger partial charge in [-0.1, -0.05) is 31.4 Å². The van der Waals surface area contributed by atoms with Crippen LogP contribution in [0.5, 0.6) is 0 Å². The van der Waals surface area contributed by atoms with Gasteiger partial charge in [0.2, 0.25) is 11.8 Å². The summed E-state index contributed by atoms with van der Waals surface area (Å²) in [6.07, 6.45) is 9.40. The number of piperidine rings is 2. The van der Waals surface area contributed by atoms with Crippen LogP contribution in [0.25, 0.3) is 10.9 Å². The van der Waals surface area contributed by atoms with E-state index in [9.17, 15) is 42.3 Å². The second-order valence-electron chi connectivity index (χ2n) is 18.7. The molecule has 1 atom stereocenters. The minimum Gasteiger partial charge on any atom is -0.386 e. The third-order valence-electron chi connectivity index (χ3n) is 13.6. The predicted molar refractivity (Wildman–Crippen MR) is 232 cm³/mol. The summed E-state index contributed by atoms with van der Waals surface area (Å²) in [6.45, 7) is 6.29. The van der Waals surface area contributed by atoms with Gasteiger partial charge < -0.3 is 20.6 Å². The first kappa shape index (κ1) is 44.9. The number of nitrogens with zero attached hydrogens (tertiary/aromatic N) is 5. The molecule has 9 rings (SSSR count). The Labute approximate surface area is 369 Å². The monoisotopic (exact) mass is 884 g/mol. The largest absolute Gasteiger partial charge is 0.433 e. The number of hydrogen-bond donors (Lipinski definition) is 4. The summed E-state index contributed by atoms with van der Waals surface area (Å²) >= 11 is 0. The van der Waals surface area contributed by atoms with E-state index in [1.165, 1.54) is 51.3 Å². The molecule has 1 unspecified atom stereocenters. The average molecular weight is 885 g/mol. The lowest BCUT2D eigenvalue weighted by Crippen LogP contribution is -2.54. The van der Waals surface area contributed by atoms with Gasteiger partial charge in [-0.05, 0) is 133 Å². The lowest BCUT2D eigenvalue weighted by molar-refractivity contribution is -0.141. The lowest BCUT2D eigenvalue weighted by Gasteiger charge is -2.52. The van der Waals surface area contributed by atoms with Gasteiger partial charge in [0, 0.05) is 41.5 Å². The summed E-state index contributed by atoms with van der Waals surface area (Å²) < 4.78 is 40.9. The third-order valence-corrected chi connectivity index (χ3v) is 13.6. The highest BCUT2D eigenvalue weighted by Gasteiger charge is 2.47. The number of hydrogen-bond acceptors (Lipinski definition) is 10. The molecule has 2 aromatic heterocycles. The number of likely N-dealkylation sites (tertiary alicyclic amines) is 1. The standard InChI is InChI=1S/C24H30N4O4.C23H25F3N4O2/c1-27-11-8-24(9-12-27)13-15(14-24)7-10-25-17-4-2-3-16-20(17)23(32)28(22(16)31)18-5-6-19(29)26-21(18)30;1-22(2,32)16-12-18-14(13-30(29-18)15-7-4-3-5-8-15)11-19(16)28-21(31)17-9-6-10-20(27-17)23(24,25)26/h2-4,15,18,25H,5-14H2,1H3,(H,26,29,30);6,9-13,15,32H,3-5,7-8H2,1-2H3,(H,28,31). The van der Waals surface area contributed by atoms with Gasteiger partial charge in [-0.15, -0.1) is 0 Å². The first-order chi connectivity index (χ1) is 30.4. The Morgan fingerprint density at radius 3 is 2.34 bits per heavy atom. The van der Waals surface area contributed by atoms with Crippen LogP contribution >= 0.6 is 0 Å². The van der Waals surface area contributed by atoms with E-state index >= 15 is 0 Å². The number of benzene rings is 2. The third kappa shape index (κ3) is 9.41. The molecular weight excluding hydrogens is 830 g/mol. The number of fused-ring (bicyclic) bond motifs is 2. The Kier molecular flexibility index (Phi) is 12.4. The summed E-state index contributed by atoms with van der Waals surface area (Å²) in [7, 11) is 2.19. The molecule has 340 valence electrons. The van der Waals surface area contributed by atoms with E-state index in [4.69, 9.17) is 0 Å². The molecule has 14 nitrogen and oxygen atoms in total. The second kappa shape index (κ2) is 17.7. The number of alkyl halides is 3. The number of amides is 5. The van der Waals surface area contributed by atoms with Crippen molar-refractivity contribution in [3.8, 4) is 0 Å². The van der Waals surface area contributed by atoms with Gasteiger partial charge in [-0.25, -0.2) is 4.98 Å². The highest BCUT2D eigenvalue weighted by molar-refractivity contribution is 6.25. The van der Waals surface area contributed by atoms with Crippen molar-refractivity contribution in [3.05, 3.63) is 82.8 Å². The van der Waals surface area contributed by atoms with Crippen LogP contribution in [0.1, 0.15) is 139 Å². The zero-order chi connectivity index (χ0) is 45.6. The summed E-state index contributed by atoms with van der Waals surface area (Å²) in [5.74, 6) is -1.97. The van der Waals surface area contributed by atoms with Crippen LogP contribution in [0, 0.1) is 11.3 Å². The van der Waals surface area contributed by atoms with Crippen molar-refractivity contribution in [2.24, 2.45) is 11.3 Å². The van der Waals surface area contributed by atoms with Gasteiger partial charge >= 0.3 is 6.18 Å². The maximum absolute atomic E-state index is 13.1. The molecule has 5 aliphatic rings. The maximum Gasteiger partial charge on any atom is 0.433 e. The molecule has 4 N–H and O–H groups in total. The molecule has 2 aromatic carbocycles. The number of halogens is 3. The van der Waals surface area contributed by atoms with E-state index in [0.29, 0.717) is 51.0 Å². The Hall–Kier alpha value is -5.68. The number of nitrogens with one attached hydrogen (secondary N) is 3. The fraction of sp³-hybridized carbons (Fsp3) is 0.511. The minimum atomic E-state index is -4.65. The minimum absolute atomic E-state index is 0.119. The topological polar surface area (TPSA) is 179 Å². The molecule has 5 heterocycles. The van der Waals surface area contributed by atoms with Crippen LogP contribution in [-0.2, 0) is 21.4 Å². The SMILES string of the molecule is CC(C)(O)c1cc2nn(C3CCCCC3)cc2cc1NC(=O)c1cccc(C(F)(F)F)n1.CN1CCC2(CC1)CC(CCNc1cccc3c1C(=O)N(C1CCC(=O)NC1=O)C3=O)C2. The van der Waals surface area contributed by atoms with Crippen LogP contribution < -0.4 is 16.0 Å². The molecule has 2 saturated carbocycles. The normalized spacial score (nSPS) is 20.7. The number of anilines is 2. The first-order valence-corrected chi connectivity index (χ1v) is 22.3. The molecule has 4 aromatic rings. The van der Waals surface area contributed by atoms with E-state index in [-0.39, 0.29) is 24.4 Å². The lowest BCUT2D eigenvalue weighted by atomic mass is 9.57. The van der Waals surface area contributed by atoms with E-state index in [2.05, 4.69) is 38.0 Å². The van der Waals surface area contributed by atoms with Crippen molar-refractivity contribution in [2.75, 3.05) is 37.3 Å². The Morgan fingerprint density at radius 2 is 1.66 bits per heavy atom. The smallest absolute Gasteiger partial charge is 0.386 e. The molecule has 0 radical (unpaired) electrons. The van der Waals surface area contributed by atoms with Gasteiger partial charge in [-0.3, -0.25) is 38.9 Å². The molecule has 2 aliphatic carbocycles. The zero-order valence-electron chi connectivity index (χ0n) is 36.4. The Balaban J connectivity index is 0.000000175. The number of pyridine rings is 1. The molecule has 0 bridgehead atoms. The fourth-order valence-corrected chi connectivity index (χ4v) is 10.1. The van der Waals surface area contributed by atoms with E-state index < -0.39 is 47.1 Å². The number of rotatable bonds is 9. The summed E-state index contributed by atoms with van der Waals surface area (Å²) in [5, 5.41) is 24.4. The molecule has 64 heavy (non-hydrogen) atoms. The van der Waals surface area contributed by atoms with Crippen LogP contribution in [0.2, 0.25) is 0 Å². The maximum atomic E-state index is 13.1. The van der Waals surface area contributed by atoms with Crippen molar-refractivity contribution in [1.29, 1.82) is 0 Å². The number of carbonyl (C=O) groups is 5. The van der Waals surface area contributed by atoms with Crippen molar-refractivity contribution < 1.29 is 42.3 Å². The van der Waals surface area contributed by atoms with Crippen molar-refractivity contribution >= 4 is 51.8 Å². The van der Waals surface area contributed by atoms with Crippen molar-refractivity contribution in [3.63, 3.8) is 0 Å². The summed E-state index contributed by atoms with van der Waals surface area (Å²) in [4.78, 5) is 69.4. The molecule has 1 spiro atoms. The van der Waals surface area contributed by atoms with Crippen LogP contribution in [0.3, 0.4) is 0 Å². The molecule has 2 saturated heterocycles. The van der Waals surface area contributed by atoms with Gasteiger partial charge in [0.1, 0.15) is 17.4 Å². The summed E-state index contributed by atoms with van der Waals surface area (Å²) in [6, 6.07) is 11.2. The second-order valence-corrected chi connectivity index (χ2v) is 18.7. The molecule has 4 fully saturated rings. The molecule has 3 aliphatic heterocycles. The van der Waals surface area contributed by atoms with Crippen LogP contribution in [0.15, 0.2) is 54.7 Å². The molecular formula is C47H55F3N8O6. The number of aromatic nitrogens is 3. The van der Waals surface area contributed by atoms with Gasteiger partial charge in [0.15, 0.2) is 0 Å². The molecule has 5 amide bonds. The zero-order valence-corrected chi connectivity index (χ0v) is 36.4. The van der Waals surface area contributed by atoms with Crippen molar-refractivity contribution in [1.82, 2.24) is 29.9 Å². The Morgan fingerprint density at radius 1 is 0.938 bits per heavy atom. The first-order valence-electron chi connectivity index (χ1n) is 22.3. The predicted octanol–water partition coefficient (Wildman–Crippen LogP) is 7.45. The highest BCUT2D eigenvalue weighted by atomic mass is 19.4. The number of imide groups is 2. The highest BCUT2D eigenvalue weighted by Crippen LogP contribution is 2.53. The van der Waals surface area contributed by atoms with Crippen molar-refractivity contribution in [2.45, 2.75) is 115 Å². The van der Waals surface area contributed by atoms with Gasteiger partial charge in [-0.2, -0.15) is 18.3 Å². The van der Waals surface area contributed by atoms with Gasteiger partial charge in [0.25, 0.3) is 17.7 Å². The van der Waals surface area contributed by atoms with E-state index in [1.54, 1.807) is 38.1 Å². The quantitative estimate of drug-likeness (QED) is 0.124. The van der Waals surface area contributed by atoms with E-state index in [1.807, 2.05) is 16.9 Å². The summed E-state index contributed by atoms with van der Waals surface area (Å²) in [5.41, 5.74) is 0.434. The fourth-order valence-electron chi connectivity index (χ4n) is 10.1. The van der Waals surface area contributed by atoms with Crippen LogP contribution in [-0.4, -0.2) is 91.9 Å². The number of carbonyl (C=O) groups excluding carboxylic acids is 5. The average Bonchev–Trinajstić information content (AvgIpc) is 3.78. The Bertz CT molecular complexity index is 2460. The van der Waals surface area contributed by atoms with E-state index in [0.717, 1.165) is 61.1 Å².